The van der Waals surface area contributed by atoms with Gasteiger partial charge in [0.05, 0.1) is 36.1 Å². The second-order valence-electron chi connectivity index (χ2n) is 7.07. The standard InChI is InChI=1S/C22H24N2O5/c1-14(2)29-19-11-7-6-10-18(19)24-13-15(12-20(24)25)21(26)23-17-9-5-4-8-16(17)22(27)28-3/h4-11,14-15H,12-13H2,1-3H3,(H,23,26). The number of esters is 1. The maximum atomic E-state index is 12.8. The molecule has 1 N–H and O–H groups in total. The van der Waals surface area contributed by atoms with Crippen LogP contribution in [0.2, 0.25) is 0 Å². The fourth-order valence-electron chi connectivity index (χ4n) is 3.26. The summed E-state index contributed by atoms with van der Waals surface area (Å²) in [7, 11) is 1.28. The Morgan fingerprint density at radius 1 is 1.10 bits per heavy atom. The minimum Gasteiger partial charge on any atom is -0.489 e. The minimum atomic E-state index is -0.541. The molecule has 1 heterocycles. The number of nitrogens with one attached hydrogen (secondary N) is 1. The summed E-state index contributed by atoms with van der Waals surface area (Å²) in [5, 5.41) is 2.76. The van der Waals surface area contributed by atoms with Gasteiger partial charge in [-0.25, -0.2) is 4.79 Å². The second kappa shape index (κ2) is 8.77. The van der Waals surface area contributed by atoms with Crippen LogP contribution in [0.25, 0.3) is 0 Å². The normalized spacial score (nSPS) is 16.1. The first kappa shape index (κ1) is 20.4. The van der Waals surface area contributed by atoms with Gasteiger partial charge in [-0.05, 0) is 38.1 Å². The molecule has 0 radical (unpaired) electrons. The van der Waals surface area contributed by atoms with E-state index < -0.39 is 11.9 Å². The number of carbonyl (C=O) groups is 3. The van der Waals surface area contributed by atoms with E-state index in [2.05, 4.69) is 5.32 Å². The highest BCUT2D eigenvalue weighted by atomic mass is 16.5. The number of para-hydroxylation sites is 3. The number of methoxy groups -OCH3 is 1. The van der Waals surface area contributed by atoms with Gasteiger partial charge in [-0.3, -0.25) is 9.59 Å². The number of nitrogens with zero attached hydrogens (tertiary/aromatic N) is 1. The Hall–Kier alpha value is -3.35. The number of ether oxygens (including phenoxy) is 2. The van der Waals surface area contributed by atoms with Crippen molar-refractivity contribution >= 4 is 29.2 Å². The molecular weight excluding hydrogens is 372 g/mol. The van der Waals surface area contributed by atoms with Crippen molar-refractivity contribution in [2.75, 3.05) is 23.9 Å². The Kier molecular flexibility index (Phi) is 6.16. The van der Waals surface area contributed by atoms with Gasteiger partial charge in [0.25, 0.3) is 0 Å². The molecule has 2 aromatic rings. The summed E-state index contributed by atoms with van der Waals surface area (Å²) in [5.41, 5.74) is 1.27. The van der Waals surface area contributed by atoms with Gasteiger partial charge in [0.15, 0.2) is 0 Å². The van der Waals surface area contributed by atoms with Crippen molar-refractivity contribution in [2.24, 2.45) is 5.92 Å². The summed E-state index contributed by atoms with van der Waals surface area (Å²) in [6.45, 7) is 4.07. The monoisotopic (exact) mass is 396 g/mol. The lowest BCUT2D eigenvalue weighted by molar-refractivity contribution is -0.122. The first-order valence-corrected chi connectivity index (χ1v) is 9.45. The zero-order valence-corrected chi connectivity index (χ0v) is 16.7. The lowest BCUT2D eigenvalue weighted by atomic mass is 10.1. The van der Waals surface area contributed by atoms with Gasteiger partial charge in [-0.1, -0.05) is 24.3 Å². The molecule has 1 aliphatic heterocycles. The van der Waals surface area contributed by atoms with Gasteiger partial charge in [-0.15, -0.1) is 0 Å². The van der Waals surface area contributed by atoms with E-state index in [-0.39, 0.29) is 36.4 Å². The summed E-state index contributed by atoms with van der Waals surface area (Å²) in [5.74, 6) is -0.941. The van der Waals surface area contributed by atoms with E-state index in [4.69, 9.17) is 9.47 Å². The number of anilines is 2. The van der Waals surface area contributed by atoms with Gasteiger partial charge in [0.1, 0.15) is 5.75 Å². The molecule has 1 saturated heterocycles. The molecule has 0 spiro atoms. The number of hydrogen-bond acceptors (Lipinski definition) is 5. The van der Waals surface area contributed by atoms with E-state index in [1.165, 1.54) is 7.11 Å². The van der Waals surface area contributed by atoms with E-state index in [9.17, 15) is 14.4 Å². The summed E-state index contributed by atoms with van der Waals surface area (Å²) < 4.78 is 10.6. The number of benzene rings is 2. The lowest BCUT2D eigenvalue weighted by Crippen LogP contribution is -2.29. The third-order valence-electron chi connectivity index (χ3n) is 4.60. The molecule has 0 bridgehead atoms. The largest absolute Gasteiger partial charge is 0.489 e. The van der Waals surface area contributed by atoms with Crippen LogP contribution in [0.1, 0.15) is 30.6 Å². The minimum absolute atomic E-state index is 0.0391. The highest BCUT2D eigenvalue weighted by molar-refractivity contribution is 6.06. The fraction of sp³-hybridized carbons (Fsp3) is 0.318. The number of amides is 2. The molecule has 7 nitrogen and oxygen atoms in total. The van der Waals surface area contributed by atoms with Crippen molar-refractivity contribution in [1.82, 2.24) is 0 Å². The number of rotatable bonds is 6. The Morgan fingerprint density at radius 3 is 2.52 bits per heavy atom. The van der Waals surface area contributed by atoms with Gasteiger partial charge in [0.2, 0.25) is 11.8 Å². The molecule has 29 heavy (non-hydrogen) atoms. The lowest BCUT2D eigenvalue weighted by Gasteiger charge is -2.21. The summed E-state index contributed by atoms with van der Waals surface area (Å²) in [4.78, 5) is 38.9. The Bertz CT molecular complexity index is 925. The van der Waals surface area contributed by atoms with E-state index in [1.807, 2.05) is 38.1 Å². The van der Waals surface area contributed by atoms with Gasteiger partial charge in [-0.2, -0.15) is 0 Å². The molecule has 1 atom stereocenters. The third-order valence-corrected chi connectivity index (χ3v) is 4.60. The second-order valence-corrected chi connectivity index (χ2v) is 7.07. The van der Waals surface area contributed by atoms with Gasteiger partial charge < -0.3 is 19.7 Å². The van der Waals surface area contributed by atoms with Crippen molar-refractivity contribution in [3.05, 3.63) is 54.1 Å². The van der Waals surface area contributed by atoms with Crippen LogP contribution in [-0.4, -0.2) is 37.5 Å². The smallest absolute Gasteiger partial charge is 0.339 e. The third kappa shape index (κ3) is 4.56. The summed E-state index contributed by atoms with van der Waals surface area (Å²) in [6, 6.07) is 13.9. The molecule has 0 saturated carbocycles. The molecule has 7 heteroatoms. The predicted octanol–water partition coefficient (Wildman–Crippen LogP) is 3.25. The molecule has 0 aliphatic carbocycles. The first-order valence-electron chi connectivity index (χ1n) is 9.45. The average molecular weight is 396 g/mol. The molecule has 1 aliphatic rings. The van der Waals surface area contributed by atoms with Crippen molar-refractivity contribution < 1.29 is 23.9 Å². The van der Waals surface area contributed by atoms with E-state index in [0.717, 1.165) is 0 Å². The fourth-order valence-corrected chi connectivity index (χ4v) is 3.26. The molecule has 3 rings (SSSR count). The van der Waals surface area contributed by atoms with E-state index in [0.29, 0.717) is 17.1 Å². The van der Waals surface area contributed by atoms with Crippen molar-refractivity contribution in [2.45, 2.75) is 26.4 Å². The molecule has 1 fully saturated rings. The topological polar surface area (TPSA) is 84.9 Å². The van der Waals surface area contributed by atoms with Gasteiger partial charge >= 0.3 is 5.97 Å². The van der Waals surface area contributed by atoms with Crippen LogP contribution in [0.15, 0.2) is 48.5 Å². The van der Waals surface area contributed by atoms with Crippen molar-refractivity contribution in [3.8, 4) is 5.75 Å². The van der Waals surface area contributed by atoms with Crippen LogP contribution < -0.4 is 15.0 Å². The maximum Gasteiger partial charge on any atom is 0.339 e. The Morgan fingerprint density at radius 2 is 1.79 bits per heavy atom. The zero-order valence-electron chi connectivity index (χ0n) is 16.7. The quantitative estimate of drug-likeness (QED) is 0.758. The Balaban J connectivity index is 1.76. The molecular formula is C22H24N2O5. The van der Waals surface area contributed by atoms with Crippen LogP contribution >= 0.6 is 0 Å². The van der Waals surface area contributed by atoms with Crippen LogP contribution in [0, 0.1) is 5.92 Å². The molecule has 0 aromatic heterocycles. The molecule has 2 aromatic carbocycles. The number of hydrogen-bond donors (Lipinski definition) is 1. The van der Waals surface area contributed by atoms with E-state index in [1.54, 1.807) is 29.2 Å². The van der Waals surface area contributed by atoms with Crippen LogP contribution in [0.5, 0.6) is 5.75 Å². The number of carbonyl (C=O) groups excluding carboxylic acids is 3. The predicted molar refractivity (Wildman–Crippen MR) is 109 cm³/mol. The van der Waals surface area contributed by atoms with Crippen LogP contribution in [0.4, 0.5) is 11.4 Å². The molecule has 152 valence electrons. The van der Waals surface area contributed by atoms with Crippen LogP contribution in [-0.2, 0) is 14.3 Å². The Labute approximate surface area is 169 Å². The van der Waals surface area contributed by atoms with Crippen molar-refractivity contribution in [1.29, 1.82) is 0 Å². The SMILES string of the molecule is COC(=O)c1ccccc1NC(=O)C1CC(=O)N(c2ccccc2OC(C)C)C1. The first-order chi connectivity index (χ1) is 13.9. The average Bonchev–Trinajstić information content (AvgIpc) is 3.09. The zero-order chi connectivity index (χ0) is 21.0. The molecule has 1 unspecified atom stereocenters. The highest BCUT2D eigenvalue weighted by Crippen LogP contribution is 2.34. The summed E-state index contributed by atoms with van der Waals surface area (Å²) in [6.07, 6.45) is 0.0465. The van der Waals surface area contributed by atoms with Crippen LogP contribution in [0.3, 0.4) is 0 Å². The van der Waals surface area contributed by atoms with Gasteiger partial charge in [0, 0.05) is 13.0 Å². The maximum absolute atomic E-state index is 12.8. The highest BCUT2D eigenvalue weighted by Gasteiger charge is 2.36. The van der Waals surface area contributed by atoms with E-state index >= 15 is 0 Å². The van der Waals surface area contributed by atoms with Crippen molar-refractivity contribution in [3.63, 3.8) is 0 Å². The molecule has 2 amide bonds. The summed E-state index contributed by atoms with van der Waals surface area (Å²) >= 11 is 0.